The summed E-state index contributed by atoms with van der Waals surface area (Å²) in [6, 6.07) is 5.01. The van der Waals surface area contributed by atoms with Crippen LogP contribution in [0.4, 0.5) is 4.39 Å². The van der Waals surface area contributed by atoms with Gasteiger partial charge in [0, 0.05) is 13.1 Å². The molecule has 0 aromatic heterocycles. The van der Waals surface area contributed by atoms with E-state index in [2.05, 4.69) is 5.32 Å². The van der Waals surface area contributed by atoms with E-state index in [-0.39, 0.29) is 17.1 Å². The molecule has 98 valence electrons. The number of benzene rings is 1. The maximum atomic E-state index is 13.3. The van der Waals surface area contributed by atoms with Gasteiger partial charge >= 0.3 is 0 Å². The van der Waals surface area contributed by atoms with E-state index in [0.29, 0.717) is 18.7 Å². The number of hydrogen-bond donors (Lipinski definition) is 2. The van der Waals surface area contributed by atoms with Crippen molar-refractivity contribution in [3.05, 3.63) is 35.1 Å². The van der Waals surface area contributed by atoms with Crippen molar-refractivity contribution in [2.75, 3.05) is 6.54 Å². The SMILES string of the molecule is Cc1ccc(CNC(=O)C2(CN)CCC2)cc1F. The predicted molar refractivity (Wildman–Crippen MR) is 68.3 cm³/mol. The zero-order chi connectivity index (χ0) is 13.2. The number of amides is 1. The highest BCUT2D eigenvalue weighted by Crippen LogP contribution is 2.40. The molecular weight excluding hydrogens is 231 g/mol. The van der Waals surface area contributed by atoms with Crippen molar-refractivity contribution in [2.45, 2.75) is 32.7 Å². The summed E-state index contributed by atoms with van der Waals surface area (Å²) >= 11 is 0. The topological polar surface area (TPSA) is 55.1 Å². The number of carbonyl (C=O) groups is 1. The first-order valence-corrected chi connectivity index (χ1v) is 6.31. The molecule has 0 saturated heterocycles. The molecule has 0 radical (unpaired) electrons. The standard InChI is InChI=1S/C14H19FN2O/c1-10-3-4-11(7-12(10)15)8-17-13(18)14(9-16)5-2-6-14/h3-4,7H,2,5-6,8-9,16H2,1H3,(H,17,18). The second kappa shape index (κ2) is 5.06. The van der Waals surface area contributed by atoms with Crippen molar-refractivity contribution in [1.29, 1.82) is 0 Å². The third-order valence-corrected chi connectivity index (χ3v) is 3.87. The fraction of sp³-hybridized carbons (Fsp3) is 0.500. The number of hydrogen-bond acceptors (Lipinski definition) is 2. The first-order chi connectivity index (χ1) is 8.57. The van der Waals surface area contributed by atoms with E-state index in [1.807, 2.05) is 6.07 Å². The second-order valence-electron chi connectivity index (χ2n) is 5.10. The minimum Gasteiger partial charge on any atom is -0.352 e. The van der Waals surface area contributed by atoms with Gasteiger partial charge in [-0.2, -0.15) is 0 Å². The largest absolute Gasteiger partial charge is 0.352 e. The van der Waals surface area contributed by atoms with Crippen LogP contribution >= 0.6 is 0 Å². The van der Waals surface area contributed by atoms with E-state index in [9.17, 15) is 9.18 Å². The Balaban J connectivity index is 1.95. The van der Waals surface area contributed by atoms with Gasteiger partial charge in [0.15, 0.2) is 0 Å². The van der Waals surface area contributed by atoms with Crippen LogP contribution in [-0.4, -0.2) is 12.5 Å². The molecule has 3 N–H and O–H groups in total. The molecule has 0 unspecified atom stereocenters. The molecule has 0 heterocycles. The molecular formula is C14H19FN2O. The van der Waals surface area contributed by atoms with Gasteiger partial charge in [-0.15, -0.1) is 0 Å². The lowest BCUT2D eigenvalue weighted by Crippen LogP contribution is -2.50. The number of halogens is 1. The van der Waals surface area contributed by atoms with Gasteiger partial charge in [-0.3, -0.25) is 4.79 Å². The Bertz CT molecular complexity index is 450. The average Bonchev–Trinajstić information content (AvgIpc) is 2.30. The van der Waals surface area contributed by atoms with Crippen molar-refractivity contribution < 1.29 is 9.18 Å². The van der Waals surface area contributed by atoms with Crippen LogP contribution in [-0.2, 0) is 11.3 Å². The highest BCUT2D eigenvalue weighted by molar-refractivity contribution is 5.83. The molecule has 1 fully saturated rings. The number of nitrogens with two attached hydrogens (primary N) is 1. The lowest BCUT2D eigenvalue weighted by Gasteiger charge is -2.39. The predicted octanol–water partition coefficient (Wildman–Crippen LogP) is 1.88. The third kappa shape index (κ3) is 2.38. The van der Waals surface area contributed by atoms with E-state index in [1.165, 1.54) is 6.07 Å². The molecule has 0 bridgehead atoms. The van der Waals surface area contributed by atoms with E-state index < -0.39 is 0 Å². The molecule has 1 aliphatic rings. The quantitative estimate of drug-likeness (QED) is 0.857. The van der Waals surface area contributed by atoms with Crippen LogP contribution in [0.5, 0.6) is 0 Å². The summed E-state index contributed by atoms with van der Waals surface area (Å²) in [6.07, 6.45) is 2.78. The van der Waals surface area contributed by atoms with Crippen molar-refractivity contribution in [3.63, 3.8) is 0 Å². The molecule has 1 aromatic rings. The van der Waals surface area contributed by atoms with Gasteiger partial charge in [-0.1, -0.05) is 18.6 Å². The van der Waals surface area contributed by atoms with Gasteiger partial charge in [0.2, 0.25) is 5.91 Å². The summed E-state index contributed by atoms with van der Waals surface area (Å²) in [5.41, 5.74) is 6.68. The van der Waals surface area contributed by atoms with Crippen molar-refractivity contribution in [3.8, 4) is 0 Å². The first kappa shape index (κ1) is 13.0. The minimum absolute atomic E-state index is 0.00256. The molecule has 0 atom stereocenters. The third-order valence-electron chi connectivity index (χ3n) is 3.87. The summed E-state index contributed by atoms with van der Waals surface area (Å²) in [5, 5.41) is 2.85. The Morgan fingerprint density at radius 1 is 1.50 bits per heavy atom. The second-order valence-corrected chi connectivity index (χ2v) is 5.10. The fourth-order valence-corrected chi connectivity index (χ4v) is 2.24. The number of aryl methyl sites for hydroxylation is 1. The molecule has 0 spiro atoms. The molecule has 18 heavy (non-hydrogen) atoms. The Hall–Kier alpha value is -1.42. The van der Waals surface area contributed by atoms with Crippen LogP contribution in [0.15, 0.2) is 18.2 Å². The van der Waals surface area contributed by atoms with Gasteiger partial charge in [0.25, 0.3) is 0 Å². The number of nitrogens with one attached hydrogen (secondary N) is 1. The normalized spacial score (nSPS) is 17.1. The summed E-state index contributed by atoms with van der Waals surface area (Å²) < 4.78 is 13.3. The van der Waals surface area contributed by atoms with Crippen LogP contribution < -0.4 is 11.1 Å². The van der Waals surface area contributed by atoms with E-state index in [0.717, 1.165) is 24.8 Å². The van der Waals surface area contributed by atoms with E-state index in [4.69, 9.17) is 5.73 Å². The molecule has 1 saturated carbocycles. The number of rotatable bonds is 4. The average molecular weight is 250 g/mol. The van der Waals surface area contributed by atoms with Gasteiger partial charge < -0.3 is 11.1 Å². The van der Waals surface area contributed by atoms with Crippen molar-refractivity contribution in [2.24, 2.45) is 11.1 Å². The zero-order valence-corrected chi connectivity index (χ0v) is 10.6. The minimum atomic E-state index is -0.372. The van der Waals surface area contributed by atoms with Crippen molar-refractivity contribution in [1.82, 2.24) is 5.32 Å². The van der Waals surface area contributed by atoms with Crippen LogP contribution in [0.25, 0.3) is 0 Å². The van der Waals surface area contributed by atoms with Gasteiger partial charge in [-0.05, 0) is 37.0 Å². The smallest absolute Gasteiger partial charge is 0.227 e. The Kier molecular flexibility index (Phi) is 3.66. The van der Waals surface area contributed by atoms with Crippen LogP contribution in [0.2, 0.25) is 0 Å². The molecule has 3 nitrogen and oxygen atoms in total. The van der Waals surface area contributed by atoms with Gasteiger partial charge in [0.1, 0.15) is 5.82 Å². The number of carbonyl (C=O) groups excluding carboxylic acids is 1. The fourth-order valence-electron chi connectivity index (χ4n) is 2.24. The summed E-state index contributed by atoms with van der Waals surface area (Å²) in [7, 11) is 0. The summed E-state index contributed by atoms with van der Waals surface area (Å²) in [6.45, 7) is 2.47. The highest BCUT2D eigenvalue weighted by atomic mass is 19.1. The van der Waals surface area contributed by atoms with Gasteiger partial charge in [0.05, 0.1) is 5.41 Å². The lowest BCUT2D eigenvalue weighted by atomic mass is 9.68. The maximum Gasteiger partial charge on any atom is 0.227 e. The molecule has 0 aliphatic heterocycles. The van der Waals surface area contributed by atoms with Crippen LogP contribution in [0.1, 0.15) is 30.4 Å². The van der Waals surface area contributed by atoms with E-state index >= 15 is 0 Å². The Labute approximate surface area is 107 Å². The summed E-state index contributed by atoms with van der Waals surface area (Å²) in [4.78, 5) is 12.0. The molecule has 4 heteroatoms. The molecule has 1 aromatic carbocycles. The Morgan fingerprint density at radius 2 is 2.22 bits per heavy atom. The van der Waals surface area contributed by atoms with Crippen LogP contribution in [0.3, 0.4) is 0 Å². The lowest BCUT2D eigenvalue weighted by molar-refractivity contribution is -0.135. The first-order valence-electron chi connectivity index (χ1n) is 6.31. The van der Waals surface area contributed by atoms with Crippen molar-refractivity contribution >= 4 is 5.91 Å². The molecule has 1 aliphatic carbocycles. The van der Waals surface area contributed by atoms with E-state index in [1.54, 1.807) is 13.0 Å². The molecule has 2 rings (SSSR count). The van der Waals surface area contributed by atoms with Crippen LogP contribution in [0, 0.1) is 18.2 Å². The molecule has 1 amide bonds. The maximum absolute atomic E-state index is 13.3. The van der Waals surface area contributed by atoms with Gasteiger partial charge in [-0.25, -0.2) is 4.39 Å². The Morgan fingerprint density at radius 3 is 2.72 bits per heavy atom. The summed E-state index contributed by atoms with van der Waals surface area (Å²) in [5.74, 6) is -0.240. The monoisotopic (exact) mass is 250 g/mol. The highest BCUT2D eigenvalue weighted by Gasteiger charge is 2.42. The zero-order valence-electron chi connectivity index (χ0n) is 10.6.